The quantitative estimate of drug-likeness (QED) is 0.619. The van der Waals surface area contributed by atoms with Gasteiger partial charge in [0.05, 0.1) is 13.8 Å². The Labute approximate surface area is 131 Å². The Hall–Kier alpha value is -1.46. The van der Waals surface area contributed by atoms with Gasteiger partial charge in [-0.25, -0.2) is 0 Å². The molecule has 0 aliphatic carbocycles. The number of esters is 1. The summed E-state index contributed by atoms with van der Waals surface area (Å²) in [5, 5.41) is 3.25. The van der Waals surface area contributed by atoms with Crippen molar-refractivity contribution in [2.24, 2.45) is 0 Å². The third-order valence-corrected chi connectivity index (χ3v) is 4.17. The molecular formula is C17H25FN2O2. The maximum Gasteiger partial charge on any atom is 0.327 e. The van der Waals surface area contributed by atoms with E-state index in [0.717, 1.165) is 25.9 Å². The van der Waals surface area contributed by atoms with Crippen LogP contribution >= 0.6 is 0 Å². The van der Waals surface area contributed by atoms with Crippen LogP contribution in [0.2, 0.25) is 0 Å². The minimum atomic E-state index is -0.711. The standard InChI is InChI=1S/C17H25FN2O2/c1-22-16(21)17(19-11-6-10-18)9-5-12-20(14-17)13-15-7-3-2-4-8-15/h2-4,7-8,19H,5-6,9-14H2,1H3. The Morgan fingerprint density at radius 1 is 1.41 bits per heavy atom. The number of piperidine rings is 1. The van der Waals surface area contributed by atoms with Gasteiger partial charge in [-0.2, -0.15) is 0 Å². The number of hydrogen-bond donors (Lipinski definition) is 1. The van der Waals surface area contributed by atoms with Crippen LogP contribution in [0.25, 0.3) is 0 Å². The Bertz CT molecular complexity index is 469. The molecule has 1 fully saturated rings. The normalized spacial score (nSPS) is 22.5. The number of carbonyl (C=O) groups excluding carboxylic acids is 1. The van der Waals surface area contributed by atoms with Gasteiger partial charge in [0.15, 0.2) is 0 Å². The number of nitrogens with zero attached hydrogens (tertiary/aromatic N) is 1. The molecular weight excluding hydrogens is 283 g/mol. The van der Waals surface area contributed by atoms with Crippen molar-refractivity contribution >= 4 is 5.97 Å². The predicted octanol–water partition coefficient (Wildman–Crippen LogP) is 2.14. The molecule has 1 aromatic rings. The maximum atomic E-state index is 12.4. The van der Waals surface area contributed by atoms with Gasteiger partial charge in [-0.05, 0) is 37.9 Å². The number of likely N-dealkylation sites (tertiary alicyclic amines) is 1. The first-order valence-corrected chi connectivity index (χ1v) is 7.86. The largest absolute Gasteiger partial charge is 0.468 e. The molecule has 0 aromatic heterocycles. The number of alkyl halides is 1. The lowest BCUT2D eigenvalue weighted by Crippen LogP contribution is -2.62. The zero-order chi connectivity index (χ0) is 15.8. The molecule has 122 valence electrons. The smallest absolute Gasteiger partial charge is 0.327 e. The molecule has 0 saturated carbocycles. The van der Waals surface area contributed by atoms with Crippen molar-refractivity contribution in [1.82, 2.24) is 10.2 Å². The van der Waals surface area contributed by atoms with E-state index < -0.39 is 5.54 Å². The van der Waals surface area contributed by atoms with Gasteiger partial charge in [-0.15, -0.1) is 0 Å². The molecule has 1 aliphatic heterocycles. The highest BCUT2D eigenvalue weighted by molar-refractivity contribution is 5.81. The minimum absolute atomic E-state index is 0.246. The highest BCUT2D eigenvalue weighted by Gasteiger charge is 2.42. The molecule has 1 aromatic carbocycles. The van der Waals surface area contributed by atoms with Crippen LogP contribution in [0.3, 0.4) is 0 Å². The number of halogens is 1. The van der Waals surface area contributed by atoms with E-state index in [1.54, 1.807) is 0 Å². The van der Waals surface area contributed by atoms with Gasteiger partial charge in [-0.3, -0.25) is 14.1 Å². The highest BCUT2D eigenvalue weighted by Crippen LogP contribution is 2.24. The lowest BCUT2D eigenvalue weighted by molar-refractivity contribution is -0.151. The average molecular weight is 308 g/mol. The molecule has 4 nitrogen and oxygen atoms in total. The highest BCUT2D eigenvalue weighted by atomic mass is 19.1. The summed E-state index contributed by atoms with van der Waals surface area (Å²) in [7, 11) is 1.41. The summed E-state index contributed by atoms with van der Waals surface area (Å²) < 4.78 is 17.4. The van der Waals surface area contributed by atoms with Gasteiger partial charge in [-0.1, -0.05) is 30.3 Å². The molecule has 1 heterocycles. The van der Waals surface area contributed by atoms with E-state index in [2.05, 4.69) is 22.3 Å². The fraction of sp³-hybridized carbons (Fsp3) is 0.588. The number of hydrogen-bond acceptors (Lipinski definition) is 4. The summed E-state index contributed by atoms with van der Waals surface area (Å²) >= 11 is 0. The molecule has 0 spiro atoms. The van der Waals surface area contributed by atoms with Crippen LogP contribution in [0.15, 0.2) is 30.3 Å². The summed E-state index contributed by atoms with van der Waals surface area (Å²) in [4.78, 5) is 14.5. The Morgan fingerprint density at radius 3 is 2.86 bits per heavy atom. The van der Waals surface area contributed by atoms with Gasteiger partial charge < -0.3 is 10.1 Å². The number of methoxy groups -OCH3 is 1. The van der Waals surface area contributed by atoms with Crippen molar-refractivity contribution in [3.8, 4) is 0 Å². The zero-order valence-electron chi connectivity index (χ0n) is 13.2. The molecule has 1 atom stereocenters. The Balaban J connectivity index is 2.04. The first-order chi connectivity index (χ1) is 10.7. The van der Waals surface area contributed by atoms with Crippen LogP contribution in [-0.2, 0) is 16.1 Å². The van der Waals surface area contributed by atoms with Crippen LogP contribution in [0.1, 0.15) is 24.8 Å². The van der Waals surface area contributed by atoms with E-state index in [4.69, 9.17) is 4.74 Å². The van der Waals surface area contributed by atoms with Gasteiger partial charge in [0, 0.05) is 13.1 Å². The van der Waals surface area contributed by atoms with Crippen LogP contribution < -0.4 is 5.32 Å². The monoisotopic (exact) mass is 308 g/mol. The molecule has 22 heavy (non-hydrogen) atoms. The van der Waals surface area contributed by atoms with Crippen LogP contribution in [-0.4, -0.2) is 49.8 Å². The third-order valence-electron chi connectivity index (χ3n) is 4.17. The number of benzene rings is 1. The van der Waals surface area contributed by atoms with E-state index >= 15 is 0 Å². The van der Waals surface area contributed by atoms with Crippen molar-refractivity contribution in [3.05, 3.63) is 35.9 Å². The lowest BCUT2D eigenvalue weighted by atomic mass is 9.88. The number of nitrogens with one attached hydrogen (secondary N) is 1. The van der Waals surface area contributed by atoms with Gasteiger partial charge >= 0.3 is 5.97 Å². The van der Waals surface area contributed by atoms with E-state index in [-0.39, 0.29) is 12.6 Å². The van der Waals surface area contributed by atoms with E-state index in [1.165, 1.54) is 12.7 Å². The number of ether oxygens (including phenoxy) is 1. The van der Waals surface area contributed by atoms with E-state index in [0.29, 0.717) is 19.5 Å². The molecule has 0 bridgehead atoms. The third kappa shape index (κ3) is 4.27. The van der Waals surface area contributed by atoms with Crippen molar-refractivity contribution < 1.29 is 13.9 Å². The SMILES string of the molecule is COC(=O)C1(NCCCF)CCCN(Cc2ccccc2)C1. The number of carbonyl (C=O) groups is 1. The fourth-order valence-electron chi connectivity index (χ4n) is 3.09. The molecule has 1 aliphatic rings. The molecule has 1 unspecified atom stereocenters. The van der Waals surface area contributed by atoms with Gasteiger partial charge in [0.25, 0.3) is 0 Å². The number of rotatable bonds is 7. The summed E-state index contributed by atoms with van der Waals surface area (Å²) in [6.07, 6.45) is 2.07. The van der Waals surface area contributed by atoms with Crippen molar-refractivity contribution in [1.29, 1.82) is 0 Å². The minimum Gasteiger partial charge on any atom is -0.468 e. The summed E-state index contributed by atoms with van der Waals surface area (Å²) in [6.45, 7) is 2.48. The first-order valence-electron chi connectivity index (χ1n) is 7.86. The Kier molecular flexibility index (Phi) is 6.34. The second kappa shape index (κ2) is 8.25. The first kappa shape index (κ1) is 16.9. The topological polar surface area (TPSA) is 41.6 Å². The second-order valence-electron chi connectivity index (χ2n) is 5.84. The summed E-state index contributed by atoms with van der Waals surface area (Å²) in [5.74, 6) is -0.246. The molecule has 0 amide bonds. The zero-order valence-corrected chi connectivity index (χ0v) is 13.2. The van der Waals surface area contributed by atoms with Gasteiger partial charge in [0.2, 0.25) is 0 Å². The van der Waals surface area contributed by atoms with Crippen LogP contribution in [0.5, 0.6) is 0 Å². The van der Waals surface area contributed by atoms with Crippen molar-refractivity contribution in [3.63, 3.8) is 0 Å². The molecule has 2 rings (SSSR count). The van der Waals surface area contributed by atoms with Crippen LogP contribution in [0, 0.1) is 0 Å². The molecule has 0 radical (unpaired) electrons. The average Bonchev–Trinajstić information content (AvgIpc) is 2.55. The lowest BCUT2D eigenvalue weighted by Gasteiger charge is -2.41. The molecule has 5 heteroatoms. The van der Waals surface area contributed by atoms with Gasteiger partial charge in [0.1, 0.15) is 5.54 Å². The van der Waals surface area contributed by atoms with Crippen molar-refractivity contribution in [2.75, 3.05) is 33.4 Å². The van der Waals surface area contributed by atoms with Crippen LogP contribution in [0.4, 0.5) is 4.39 Å². The molecule has 1 saturated heterocycles. The summed E-state index contributed by atoms with van der Waals surface area (Å²) in [6, 6.07) is 10.2. The van der Waals surface area contributed by atoms with E-state index in [1.807, 2.05) is 18.2 Å². The Morgan fingerprint density at radius 2 is 2.18 bits per heavy atom. The predicted molar refractivity (Wildman–Crippen MR) is 84.3 cm³/mol. The fourth-order valence-corrected chi connectivity index (χ4v) is 3.09. The van der Waals surface area contributed by atoms with E-state index in [9.17, 15) is 9.18 Å². The molecule has 1 N–H and O–H groups in total. The maximum absolute atomic E-state index is 12.4. The van der Waals surface area contributed by atoms with Crippen molar-refractivity contribution in [2.45, 2.75) is 31.3 Å². The second-order valence-corrected chi connectivity index (χ2v) is 5.84. The summed E-state index contributed by atoms with van der Waals surface area (Å²) in [5.41, 5.74) is 0.517.